The molecule has 5 nitrogen and oxygen atoms in total. The van der Waals surface area contributed by atoms with Gasteiger partial charge in [-0.1, -0.05) is 51.5 Å². The summed E-state index contributed by atoms with van der Waals surface area (Å²) in [4.78, 5) is 13.0. The average molecular weight is 424 g/mol. The molecule has 2 aliphatic carbocycles. The van der Waals surface area contributed by atoms with E-state index in [2.05, 4.69) is 79.7 Å². The molecule has 31 heavy (non-hydrogen) atoms. The first kappa shape index (κ1) is 22.2. The van der Waals surface area contributed by atoms with Gasteiger partial charge in [0.1, 0.15) is 12.0 Å². The Morgan fingerprint density at radius 3 is 2.84 bits per heavy atom. The lowest BCUT2D eigenvalue weighted by Crippen LogP contribution is -2.51. The quantitative estimate of drug-likeness (QED) is 0.620. The molecule has 170 valence electrons. The van der Waals surface area contributed by atoms with Gasteiger partial charge in [0, 0.05) is 13.6 Å². The molecule has 2 N–H and O–H groups in total. The van der Waals surface area contributed by atoms with Crippen LogP contribution in [0.1, 0.15) is 66.7 Å². The molecule has 0 spiro atoms. The lowest BCUT2D eigenvalue weighted by atomic mass is 9.46. The van der Waals surface area contributed by atoms with E-state index in [4.69, 9.17) is 5.73 Å². The van der Waals surface area contributed by atoms with Crippen LogP contribution in [0.15, 0.2) is 30.1 Å². The standard InChI is InChI=1S/C26H41N5/c1-18(12-15-31-17-30(6)24-22(31)23(27)28-16-29-24)10-13-25(4)20(3)11-14-26(5)19(2)8-7-9-21(25)26/h7-8,12,16,19-21H,9-11,13-15,17H2,1-6H3,(H2,27,28,29)/t19-,20-,21-,25+,26+/m1/s1. The van der Waals surface area contributed by atoms with Crippen LogP contribution in [0.25, 0.3) is 0 Å². The average Bonchev–Trinajstić information content (AvgIpc) is 3.07. The van der Waals surface area contributed by atoms with Gasteiger partial charge in [-0.3, -0.25) is 0 Å². The first-order chi connectivity index (χ1) is 14.7. The fraction of sp³-hybridized carbons (Fsp3) is 0.692. The summed E-state index contributed by atoms with van der Waals surface area (Å²) >= 11 is 0. The van der Waals surface area contributed by atoms with Gasteiger partial charge >= 0.3 is 0 Å². The Kier molecular flexibility index (Phi) is 5.82. The molecule has 1 aliphatic heterocycles. The van der Waals surface area contributed by atoms with Crippen LogP contribution in [0.2, 0.25) is 0 Å². The van der Waals surface area contributed by atoms with Crippen molar-refractivity contribution in [1.29, 1.82) is 0 Å². The molecule has 1 saturated carbocycles. The largest absolute Gasteiger partial charge is 0.382 e. The molecule has 0 radical (unpaired) electrons. The van der Waals surface area contributed by atoms with E-state index < -0.39 is 0 Å². The summed E-state index contributed by atoms with van der Waals surface area (Å²) in [6.07, 6.45) is 15.3. The summed E-state index contributed by atoms with van der Waals surface area (Å²) in [5.41, 5.74) is 9.47. The maximum atomic E-state index is 6.16. The van der Waals surface area contributed by atoms with Gasteiger partial charge in [0.25, 0.3) is 0 Å². The van der Waals surface area contributed by atoms with Crippen LogP contribution in [0.5, 0.6) is 0 Å². The van der Waals surface area contributed by atoms with Gasteiger partial charge < -0.3 is 15.5 Å². The zero-order valence-corrected chi connectivity index (χ0v) is 20.4. The van der Waals surface area contributed by atoms with Crippen LogP contribution in [-0.4, -0.2) is 30.2 Å². The number of anilines is 3. The Hall–Kier alpha value is -2.04. The zero-order valence-electron chi connectivity index (χ0n) is 20.4. The monoisotopic (exact) mass is 423 g/mol. The van der Waals surface area contributed by atoms with Gasteiger partial charge in [0.2, 0.25) is 0 Å². The molecule has 0 unspecified atom stereocenters. The van der Waals surface area contributed by atoms with Crippen molar-refractivity contribution in [3.8, 4) is 0 Å². The van der Waals surface area contributed by atoms with Crippen molar-refractivity contribution in [2.45, 2.75) is 66.7 Å². The maximum absolute atomic E-state index is 6.16. The zero-order chi connectivity index (χ0) is 22.4. The highest BCUT2D eigenvalue weighted by atomic mass is 15.4. The maximum Gasteiger partial charge on any atom is 0.159 e. The number of fused-ring (bicyclic) bond motifs is 2. The molecule has 3 aliphatic rings. The first-order valence-electron chi connectivity index (χ1n) is 12.1. The number of hydrogen-bond acceptors (Lipinski definition) is 5. The molecule has 5 heteroatoms. The number of rotatable bonds is 5. The van der Waals surface area contributed by atoms with E-state index in [1.54, 1.807) is 6.33 Å². The molecule has 0 saturated heterocycles. The van der Waals surface area contributed by atoms with E-state index in [-0.39, 0.29) is 0 Å². The number of aromatic nitrogens is 2. The first-order valence-corrected chi connectivity index (χ1v) is 12.1. The molecular formula is C26H41N5. The second kappa shape index (κ2) is 8.14. The fourth-order valence-electron chi connectivity index (χ4n) is 6.61. The summed E-state index contributed by atoms with van der Waals surface area (Å²) < 4.78 is 0. The number of nitrogens with two attached hydrogens (primary N) is 1. The Balaban J connectivity index is 1.44. The van der Waals surface area contributed by atoms with Crippen LogP contribution in [-0.2, 0) is 0 Å². The molecule has 1 aromatic heterocycles. The predicted molar refractivity (Wildman–Crippen MR) is 131 cm³/mol. The van der Waals surface area contributed by atoms with Gasteiger partial charge in [-0.25, -0.2) is 9.97 Å². The minimum absolute atomic E-state index is 0.403. The highest BCUT2D eigenvalue weighted by Crippen LogP contribution is 2.61. The summed E-state index contributed by atoms with van der Waals surface area (Å²) in [7, 11) is 2.06. The van der Waals surface area contributed by atoms with E-state index in [1.807, 2.05) is 0 Å². The normalized spacial score (nSPS) is 35.3. The topological polar surface area (TPSA) is 58.3 Å². The van der Waals surface area contributed by atoms with Crippen LogP contribution in [0, 0.1) is 28.6 Å². The second-order valence-electron chi connectivity index (χ2n) is 11.0. The summed E-state index contributed by atoms with van der Waals surface area (Å²) in [6, 6.07) is 0. The van der Waals surface area contributed by atoms with E-state index >= 15 is 0 Å². The van der Waals surface area contributed by atoms with Crippen molar-refractivity contribution in [3.63, 3.8) is 0 Å². The SMILES string of the molecule is CC(=CCN1CN(C)c2ncnc(N)c21)CC[C@]1(C)[C@H]2CC=C[C@@H](C)[C@]2(C)CC[C@H]1C. The Labute approximate surface area is 188 Å². The third kappa shape index (κ3) is 3.74. The summed E-state index contributed by atoms with van der Waals surface area (Å²) in [6.45, 7) is 14.0. The van der Waals surface area contributed by atoms with Crippen molar-refractivity contribution in [3.05, 3.63) is 30.1 Å². The molecule has 1 aromatic rings. The smallest absolute Gasteiger partial charge is 0.159 e. The highest BCUT2D eigenvalue weighted by Gasteiger charge is 2.53. The highest BCUT2D eigenvalue weighted by molar-refractivity contribution is 5.81. The van der Waals surface area contributed by atoms with E-state index in [0.29, 0.717) is 22.6 Å². The van der Waals surface area contributed by atoms with Gasteiger partial charge in [-0.2, -0.15) is 0 Å². The Morgan fingerprint density at radius 2 is 2.06 bits per heavy atom. The van der Waals surface area contributed by atoms with Gasteiger partial charge in [0.15, 0.2) is 11.6 Å². The predicted octanol–water partition coefficient (Wildman–Crippen LogP) is 5.65. The Bertz CT molecular complexity index is 877. The molecule has 2 heterocycles. The minimum Gasteiger partial charge on any atom is -0.382 e. The number of allylic oxidation sites excluding steroid dienone is 3. The second-order valence-corrected chi connectivity index (χ2v) is 11.0. The molecule has 0 aromatic carbocycles. The van der Waals surface area contributed by atoms with Crippen molar-refractivity contribution >= 4 is 17.3 Å². The van der Waals surface area contributed by atoms with Crippen molar-refractivity contribution in [1.82, 2.24) is 9.97 Å². The molecule has 4 rings (SSSR count). The van der Waals surface area contributed by atoms with E-state index in [9.17, 15) is 0 Å². The third-order valence-corrected chi connectivity index (χ3v) is 9.28. The molecule has 0 bridgehead atoms. The summed E-state index contributed by atoms with van der Waals surface area (Å²) in [5, 5.41) is 0. The molecule has 1 fully saturated rings. The minimum atomic E-state index is 0.403. The van der Waals surface area contributed by atoms with Crippen LogP contribution in [0.4, 0.5) is 17.3 Å². The van der Waals surface area contributed by atoms with E-state index in [0.717, 1.165) is 36.6 Å². The van der Waals surface area contributed by atoms with Gasteiger partial charge in [-0.15, -0.1) is 0 Å². The lowest BCUT2D eigenvalue weighted by Gasteiger charge is -2.59. The number of nitrogens with zero attached hydrogens (tertiary/aromatic N) is 4. The third-order valence-electron chi connectivity index (χ3n) is 9.28. The van der Waals surface area contributed by atoms with Crippen LogP contribution >= 0.6 is 0 Å². The Morgan fingerprint density at radius 1 is 1.29 bits per heavy atom. The fourth-order valence-corrected chi connectivity index (χ4v) is 6.61. The molecular weight excluding hydrogens is 382 g/mol. The lowest BCUT2D eigenvalue weighted by molar-refractivity contribution is -0.0779. The van der Waals surface area contributed by atoms with Crippen molar-refractivity contribution in [2.24, 2.45) is 28.6 Å². The van der Waals surface area contributed by atoms with Crippen molar-refractivity contribution in [2.75, 3.05) is 35.8 Å². The number of nitrogen functional groups attached to an aromatic ring is 1. The summed E-state index contributed by atoms with van der Waals surface area (Å²) in [5.74, 6) is 3.76. The molecule has 5 atom stereocenters. The van der Waals surface area contributed by atoms with Gasteiger partial charge in [0.05, 0.1) is 6.67 Å². The van der Waals surface area contributed by atoms with E-state index in [1.165, 1.54) is 37.7 Å². The number of hydrogen-bond donors (Lipinski definition) is 1. The van der Waals surface area contributed by atoms with Crippen LogP contribution in [0.3, 0.4) is 0 Å². The van der Waals surface area contributed by atoms with Gasteiger partial charge in [-0.05, 0) is 67.6 Å². The van der Waals surface area contributed by atoms with Crippen LogP contribution < -0.4 is 15.5 Å². The van der Waals surface area contributed by atoms with Crippen molar-refractivity contribution < 1.29 is 0 Å². The molecule has 0 amide bonds.